The molecule has 0 fully saturated rings. The molecule has 0 atom stereocenters. The summed E-state index contributed by atoms with van der Waals surface area (Å²) in [7, 11) is 1.59. The van der Waals surface area contributed by atoms with Gasteiger partial charge in [0.25, 0.3) is 0 Å². The van der Waals surface area contributed by atoms with E-state index in [-0.39, 0.29) is 5.56 Å². The number of hydrogen-bond donors (Lipinski definition) is 2. The van der Waals surface area contributed by atoms with Gasteiger partial charge in [-0.15, -0.1) is 16.2 Å². The standard InChI is InChI=1S/C13H12N4O3S/c1-20-7-17-9-6-8(12(18)16-19)2-3-10(9)21-13-11(17)14-4-5-15-13/h2-6,14-15H,7H2,1H3. The summed E-state index contributed by atoms with van der Waals surface area (Å²) in [5.41, 5.74) is 1.88. The van der Waals surface area contributed by atoms with E-state index in [0.717, 1.165) is 20.4 Å². The molecule has 0 bridgehead atoms. The Morgan fingerprint density at radius 3 is 2.95 bits per heavy atom. The topological polar surface area (TPSA) is 92.2 Å². The molecule has 2 N–H and O–H groups in total. The van der Waals surface area contributed by atoms with Crippen molar-refractivity contribution in [2.24, 2.45) is 5.18 Å². The van der Waals surface area contributed by atoms with Crippen LogP contribution in [0.15, 0.2) is 35.8 Å². The summed E-state index contributed by atoms with van der Waals surface area (Å²) in [5.74, 6) is -0.783. The molecule has 2 heterocycles. The zero-order chi connectivity index (χ0) is 14.8. The van der Waals surface area contributed by atoms with Gasteiger partial charge in [0.1, 0.15) is 16.9 Å². The van der Waals surface area contributed by atoms with Crippen molar-refractivity contribution in [2.45, 2.75) is 6.73 Å². The van der Waals surface area contributed by atoms with Crippen molar-refractivity contribution in [3.63, 3.8) is 0 Å². The molecule has 1 amide bonds. The molecule has 108 valence electrons. The molecule has 0 radical (unpaired) electrons. The lowest BCUT2D eigenvalue weighted by molar-refractivity contribution is 0.100. The van der Waals surface area contributed by atoms with E-state index in [1.165, 1.54) is 11.3 Å². The molecule has 1 aromatic rings. The Hall–Kier alpha value is -2.45. The van der Waals surface area contributed by atoms with Gasteiger partial charge >= 0.3 is 5.91 Å². The van der Waals surface area contributed by atoms with E-state index in [0.29, 0.717) is 6.73 Å². The van der Waals surface area contributed by atoms with Crippen molar-refractivity contribution in [1.29, 1.82) is 0 Å². The first-order chi connectivity index (χ1) is 10.2. The number of benzene rings is 1. The van der Waals surface area contributed by atoms with Gasteiger partial charge in [-0.1, -0.05) is 0 Å². The first kappa shape index (κ1) is 13.5. The van der Waals surface area contributed by atoms with Gasteiger partial charge < -0.3 is 19.3 Å². The summed E-state index contributed by atoms with van der Waals surface area (Å²) < 4.78 is 9.02. The van der Waals surface area contributed by atoms with E-state index in [1.807, 2.05) is 4.57 Å². The molecule has 8 heteroatoms. The highest BCUT2D eigenvalue weighted by atomic mass is 32.1. The lowest BCUT2D eigenvalue weighted by Crippen LogP contribution is -2.08. The zero-order valence-electron chi connectivity index (χ0n) is 11.1. The summed E-state index contributed by atoms with van der Waals surface area (Å²) in [6.07, 6.45) is 3.57. The molecule has 3 rings (SSSR count). The molecule has 2 aliphatic rings. The van der Waals surface area contributed by atoms with E-state index in [2.05, 4.69) is 15.1 Å². The molecular weight excluding hydrogens is 292 g/mol. The van der Waals surface area contributed by atoms with Gasteiger partial charge in [0.15, 0.2) is 0 Å². The van der Waals surface area contributed by atoms with Crippen LogP contribution in [0.2, 0.25) is 0 Å². The number of rotatable bonds is 3. The largest absolute Gasteiger partial charge is 0.364 e. The Kier molecular flexibility index (Phi) is 3.55. The highest BCUT2D eigenvalue weighted by Crippen LogP contribution is 2.22. The quantitative estimate of drug-likeness (QED) is 0.729. The third kappa shape index (κ3) is 2.34. The van der Waals surface area contributed by atoms with Crippen LogP contribution in [0.4, 0.5) is 0 Å². The minimum absolute atomic E-state index is 0.258. The highest BCUT2D eigenvalue weighted by Gasteiger charge is 2.10. The van der Waals surface area contributed by atoms with E-state index >= 15 is 0 Å². The molecule has 0 saturated carbocycles. The van der Waals surface area contributed by atoms with Crippen molar-refractivity contribution < 1.29 is 9.53 Å². The van der Waals surface area contributed by atoms with Crippen molar-refractivity contribution in [1.82, 2.24) is 14.5 Å². The third-order valence-corrected chi connectivity index (χ3v) is 4.13. The monoisotopic (exact) mass is 304 g/mol. The Balaban J connectivity index is 2.42. The predicted molar refractivity (Wildman–Crippen MR) is 78.6 cm³/mol. The second kappa shape index (κ2) is 5.51. The minimum Gasteiger partial charge on any atom is -0.364 e. The number of aromatic amines is 2. The number of carbonyl (C=O) groups is 1. The molecule has 0 spiro atoms. The van der Waals surface area contributed by atoms with Crippen LogP contribution >= 0.6 is 11.3 Å². The predicted octanol–water partition coefficient (Wildman–Crippen LogP) is 2.72. The van der Waals surface area contributed by atoms with Crippen molar-refractivity contribution in [3.8, 4) is 0 Å². The van der Waals surface area contributed by atoms with Gasteiger partial charge in [0, 0.05) is 30.2 Å². The van der Waals surface area contributed by atoms with Crippen LogP contribution in [0.5, 0.6) is 0 Å². The number of nitrogens with zero attached hydrogens (tertiary/aromatic N) is 2. The normalized spacial score (nSPS) is 10.9. The van der Waals surface area contributed by atoms with E-state index in [1.54, 1.807) is 37.7 Å². The first-order valence-corrected chi connectivity index (χ1v) is 6.94. The number of amides is 1. The highest BCUT2D eigenvalue weighted by molar-refractivity contribution is 7.16. The number of aromatic nitrogens is 3. The number of nitroso groups, excluding NO2 is 1. The lowest BCUT2D eigenvalue weighted by atomic mass is 10.2. The number of hydrogen-bond acceptors (Lipinski definition) is 4. The number of ether oxygens (including phenoxy) is 1. The third-order valence-electron chi connectivity index (χ3n) is 3.05. The maximum absolute atomic E-state index is 11.5. The number of fused-ring (bicyclic) bond motifs is 1. The molecule has 21 heavy (non-hydrogen) atoms. The number of nitrogens with one attached hydrogen (secondary N) is 2. The molecule has 2 aliphatic heterocycles. The summed E-state index contributed by atoms with van der Waals surface area (Å²) in [4.78, 5) is 28.2. The van der Waals surface area contributed by atoms with Crippen molar-refractivity contribution >= 4 is 27.5 Å². The fourth-order valence-corrected chi connectivity index (χ4v) is 3.17. The van der Waals surface area contributed by atoms with Crippen LogP contribution in [0.3, 0.4) is 0 Å². The SMILES string of the molecule is COCn1c2[nH]cc[nH]c=2sc2ccc(C(=O)N=O)cc21. The van der Waals surface area contributed by atoms with Crippen LogP contribution in [0, 0.1) is 15.0 Å². The van der Waals surface area contributed by atoms with Gasteiger partial charge in [-0.05, 0) is 18.2 Å². The van der Waals surface area contributed by atoms with Crippen LogP contribution < -0.4 is 0 Å². The molecule has 0 saturated heterocycles. The maximum Gasteiger partial charge on any atom is 0.316 e. The van der Waals surface area contributed by atoms with Crippen LogP contribution in [0.1, 0.15) is 10.4 Å². The Bertz CT molecular complexity index is 915. The number of carbonyl (C=O) groups excluding carboxylic acids is 1. The second-order valence-corrected chi connectivity index (χ2v) is 5.38. The Morgan fingerprint density at radius 1 is 1.38 bits per heavy atom. The maximum atomic E-state index is 11.5. The molecule has 7 nitrogen and oxygen atoms in total. The summed E-state index contributed by atoms with van der Waals surface area (Å²) in [6, 6.07) is 5.04. The lowest BCUT2D eigenvalue weighted by Gasteiger charge is -2.12. The molecule has 0 aliphatic carbocycles. The minimum atomic E-state index is -0.783. The van der Waals surface area contributed by atoms with E-state index in [4.69, 9.17) is 4.74 Å². The number of H-pyrrole nitrogens is 2. The average Bonchev–Trinajstić information content (AvgIpc) is 2.53. The molecular formula is C13H12N4O3S. The Labute approximate surface area is 122 Å². The average molecular weight is 304 g/mol. The molecule has 0 aromatic heterocycles. The van der Waals surface area contributed by atoms with Gasteiger partial charge in [0.05, 0.1) is 10.2 Å². The molecule has 1 aromatic carbocycles. The number of methoxy groups -OCH3 is 1. The fourth-order valence-electron chi connectivity index (χ4n) is 2.14. The van der Waals surface area contributed by atoms with Crippen molar-refractivity contribution in [3.05, 3.63) is 51.2 Å². The van der Waals surface area contributed by atoms with Gasteiger partial charge in [-0.3, -0.25) is 4.79 Å². The smallest absolute Gasteiger partial charge is 0.316 e. The summed E-state index contributed by atoms with van der Waals surface area (Å²) in [6.45, 7) is 0.307. The van der Waals surface area contributed by atoms with Crippen LogP contribution in [0.25, 0.3) is 10.2 Å². The van der Waals surface area contributed by atoms with Gasteiger partial charge in [-0.25, -0.2) is 0 Å². The van der Waals surface area contributed by atoms with Crippen LogP contribution in [-0.2, 0) is 11.5 Å². The fraction of sp³-hybridized carbons (Fsp3) is 0.154. The van der Waals surface area contributed by atoms with Gasteiger partial charge in [0.2, 0.25) is 0 Å². The van der Waals surface area contributed by atoms with E-state index < -0.39 is 5.91 Å². The Morgan fingerprint density at radius 2 is 2.19 bits per heavy atom. The van der Waals surface area contributed by atoms with Crippen molar-refractivity contribution in [2.75, 3.05) is 7.11 Å². The first-order valence-electron chi connectivity index (χ1n) is 6.13. The molecule has 0 unspecified atom stereocenters. The van der Waals surface area contributed by atoms with Gasteiger partial charge in [-0.2, -0.15) is 0 Å². The van der Waals surface area contributed by atoms with E-state index in [9.17, 15) is 9.70 Å². The zero-order valence-corrected chi connectivity index (χ0v) is 11.9. The summed E-state index contributed by atoms with van der Waals surface area (Å²) >= 11 is 1.54. The second-order valence-electron chi connectivity index (χ2n) is 4.33. The summed E-state index contributed by atoms with van der Waals surface area (Å²) in [5, 5.41) is 2.46. The van der Waals surface area contributed by atoms with Crippen LogP contribution in [-0.4, -0.2) is 27.6 Å².